The normalized spacial score (nSPS) is 12.6. The number of aliphatic hydroxyl groups is 2. The monoisotopic (exact) mass is 327 g/mol. The number of benzene rings is 1. The highest BCUT2D eigenvalue weighted by atomic mass is 16.5. The quantitative estimate of drug-likeness (QED) is 0.622. The van der Waals surface area contributed by atoms with Gasteiger partial charge >= 0.3 is 5.97 Å². The van der Waals surface area contributed by atoms with Gasteiger partial charge in [-0.05, 0) is 50.8 Å². The van der Waals surface area contributed by atoms with E-state index in [1.54, 1.807) is 21.0 Å². The van der Waals surface area contributed by atoms with Gasteiger partial charge in [-0.1, -0.05) is 12.1 Å². The minimum Gasteiger partial charge on any atom is -0.497 e. The van der Waals surface area contributed by atoms with E-state index in [1.807, 2.05) is 24.3 Å². The van der Waals surface area contributed by atoms with Crippen LogP contribution < -0.4 is 10.5 Å². The number of carbonyl (C=O) groups is 1. The number of aryl methyl sites for hydroxylation is 1. The van der Waals surface area contributed by atoms with E-state index in [0.29, 0.717) is 12.8 Å². The Morgan fingerprint density at radius 2 is 1.78 bits per heavy atom. The van der Waals surface area contributed by atoms with Crippen LogP contribution in [0.15, 0.2) is 24.3 Å². The third kappa shape index (κ3) is 7.97. The van der Waals surface area contributed by atoms with Crippen molar-refractivity contribution in [2.24, 2.45) is 5.73 Å². The van der Waals surface area contributed by atoms with Gasteiger partial charge in [0.2, 0.25) is 0 Å². The number of hydrogen-bond acceptors (Lipinski definition) is 6. The first-order valence-electron chi connectivity index (χ1n) is 7.78. The maximum Gasteiger partial charge on any atom is 0.328 e. The average molecular weight is 327 g/mol. The number of aliphatic hydroxyl groups excluding tert-OH is 2. The second-order valence-corrected chi connectivity index (χ2v) is 5.05. The third-order valence-corrected chi connectivity index (χ3v) is 3.21. The van der Waals surface area contributed by atoms with Crippen molar-refractivity contribution in [2.75, 3.05) is 26.9 Å². The van der Waals surface area contributed by atoms with Crippen LogP contribution in [0.1, 0.15) is 32.3 Å². The fourth-order valence-electron chi connectivity index (χ4n) is 1.92. The molecule has 23 heavy (non-hydrogen) atoms. The number of esters is 1. The zero-order chi connectivity index (χ0) is 17.7. The lowest BCUT2D eigenvalue weighted by molar-refractivity contribution is -0.151. The third-order valence-electron chi connectivity index (χ3n) is 3.21. The fraction of sp³-hybridized carbons (Fsp3) is 0.588. The average Bonchev–Trinajstić information content (AvgIpc) is 2.56. The molecule has 0 aromatic heterocycles. The van der Waals surface area contributed by atoms with E-state index < -0.39 is 18.1 Å². The standard InChI is InChI=1S/C15H23NO4.C2H6O/c1-3-20-14(18)15(16,11-17)10-4-5-12-6-8-13(19-2)9-7-12;1-2-3/h6-9,17H,3-5,10-11,16H2,1-2H3;3H,2H2,1H3. The second kappa shape index (κ2) is 11.9. The Kier molecular flexibility index (Phi) is 11.0. The molecule has 6 heteroatoms. The van der Waals surface area contributed by atoms with E-state index in [4.69, 9.17) is 20.3 Å². The maximum atomic E-state index is 11.7. The van der Waals surface area contributed by atoms with Crippen molar-refractivity contribution >= 4 is 5.97 Å². The van der Waals surface area contributed by atoms with Crippen molar-refractivity contribution in [3.05, 3.63) is 29.8 Å². The fourth-order valence-corrected chi connectivity index (χ4v) is 1.92. The van der Waals surface area contributed by atoms with Crippen molar-refractivity contribution in [1.82, 2.24) is 0 Å². The summed E-state index contributed by atoms with van der Waals surface area (Å²) in [6, 6.07) is 7.73. The Labute approximate surface area is 138 Å². The molecular weight excluding hydrogens is 298 g/mol. The molecule has 0 saturated carbocycles. The number of hydrogen-bond donors (Lipinski definition) is 3. The van der Waals surface area contributed by atoms with E-state index in [1.165, 1.54) is 0 Å². The Morgan fingerprint density at radius 1 is 1.22 bits per heavy atom. The highest BCUT2D eigenvalue weighted by molar-refractivity contribution is 5.80. The van der Waals surface area contributed by atoms with E-state index in [-0.39, 0.29) is 13.2 Å². The molecule has 0 spiro atoms. The van der Waals surface area contributed by atoms with Crippen LogP contribution in [0.2, 0.25) is 0 Å². The van der Waals surface area contributed by atoms with Crippen LogP contribution in [0.4, 0.5) is 0 Å². The first-order valence-corrected chi connectivity index (χ1v) is 7.78. The Hall–Kier alpha value is -1.63. The number of carbonyl (C=O) groups excluding carboxylic acids is 1. The molecule has 1 atom stereocenters. The van der Waals surface area contributed by atoms with Crippen LogP contribution >= 0.6 is 0 Å². The molecule has 0 fully saturated rings. The lowest BCUT2D eigenvalue weighted by Gasteiger charge is -2.24. The first-order chi connectivity index (χ1) is 11.0. The summed E-state index contributed by atoms with van der Waals surface area (Å²) < 4.78 is 9.98. The molecule has 6 nitrogen and oxygen atoms in total. The van der Waals surface area contributed by atoms with Crippen molar-refractivity contribution in [3.8, 4) is 5.75 Å². The smallest absolute Gasteiger partial charge is 0.328 e. The molecule has 1 aromatic rings. The molecule has 0 heterocycles. The van der Waals surface area contributed by atoms with Crippen LogP contribution in [0.25, 0.3) is 0 Å². The zero-order valence-electron chi connectivity index (χ0n) is 14.2. The zero-order valence-corrected chi connectivity index (χ0v) is 14.2. The molecule has 0 bridgehead atoms. The summed E-state index contributed by atoms with van der Waals surface area (Å²) in [6.45, 7) is 3.50. The predicted octanol–water partition coefficient (Wildman–Crippen LogP) is 1.27. The lowest BCUT2D eigenvalue weighted by Crippen LogP contribution is -2.52. The summed E-state index contributed by atoms with van der Waals surface area (Å²) in [5, 5.41) is 16.9. The number of methoxy groups -OCH3 is 1. The van der Waals surface area contributed by atoms with Crippen molar-refractivity contribution in [1.29, 1.82) is 0 Å². The van der Waals surface area contributed by atoms with Crippen molar-refractivity contribution < 1.29 is 24.5 Å². The van der Waals surface area contributed by atoms with Crippen molar-refractivity contribution in [2.45, 2.75) is 38.6 Å². The van der Waals surface area contributed by atoms with Gasteiger partial charge in [-0.25, -0.2) is 4.79 Å². The Bertz CT molecular complexity index is 435. The first kappa shape index (κ1) is 21.4. The molecule has 0 radical (unpaired) electrons. The SMILES string of the molecule is CCO.CCOC(=O)C(N)(CO)CCCc1ccc(OC)cc1. The van der Waals surface area contributed by atoms with Gasteiger partial charge in [-0.3, -0.25) is 0 Å². The maximum absolute atomic E-state index is 11.7. The van der Waals surface area contributed by atoms with Crippen LogP contribution in [-0.4, -0.2) is 48.7 Å². The summed E-state index contributed by atoms with van der Waals surface area (Å²) in [5.74, 6) is 0.265. The van der Waals surface area contributed by atoms with Gasteiger partial charge in [0.15, 0.2) is 0 Å². The van der Waals surface area contributed by atoms with Gasteiger partial charge in [-0.2, -0.15) is 0 Å². The molecule has 0 aliphatic carbocycles. The van der Waals surface area contributed by atoms with Gasteiger partial charge in [0, 0.05) is 6.61 Å². The molecule has 132 valence electrons. The molecule has 1 unspecified atom stereocenters. The summed E-state index contributed by atoms with van der Waals surface area (Å²) >= 11 is 0. The topological polar surface area (TPSA) is 102 Å². The molecule has 0 amide bonds. The highest BCUT2D eigenvalue weighted by Crippen LogP contribution is 2.17. The highest BCUT2D eigenvalue weighted by Gasteiger charge is 2.34. The summed E-state index contributed by atoms with van der Waals surface area (Å²) in [7, 11) is 1.62. The largest absolute Gasteiger partial charge is 0.497 e. The molecule has 0 aliphatic rings. The number of ether oxygens (including phenoxy) is 2. The van der Waals surface area contributed by atoms with Gasteiger partial charge < -0.3 is 25.4 Å². The van der Waals surface area contributed by atoms with Gasteiger partial charge in [0.1, 0.15) is 11.3 Å². The number of nitrogens with two attached hydrogens (primary N) is 1. The van der Waals surface area contributed by atoms with E-state index in [2.05, 4.69) is 0 Å². The summed E-state index contributed by atoms with van der Waals surface area (Å²) in [5.41, 5.74) is 5.72. The van der Waals surface area contributed by atoms with Gasteiger partial charge in [0.05, 0.1) is 20.3 Å². The molecular formula is C17H29NO5. The Morgan fingerprint density at radius 3 is 2.22 bits per heavy atom. The predicted molar refractivity (Wildman–Crippen MR) is 89.3 cm³/mol. The molecule has 0 saturated heterocycles. The van der Waals surface area contributed by atoms with E-state index in [0.717, 1.165) is 17.7 Å². The lowest BCUT2D eigenvalue weighted by atomic mass is 9.93. The van der Waals surface area contributed by atoms with E-state index >= 15 is 0 Å². The summed E-state index contributed by atoms with van der Waals surface area (Å²) in [4.78, 5) is 11.7. The minimum atomic E-state index is -1.30. The molecule has 1 rings (SSSR count). The van der Waals surface area contributed by atoms with E-state index in [9.17, 15) is 9.90 Å². The second-order valence-electron chi connectivity index (χ2n) is 5.05. The van der Waals surface area contributed by atoms with Crippen LogP contribution in [0.5, 0.6) is 5.75 Å². The van der Waals surface area contributed by atoms with Gasteiger partial charge in [0.25, 0.3) is 0 Å². The molecule has 0 aliphatic heterocycles. The summed E-state index contributed by atoms with van der Waals surface area (Å²) in [6.07, 6.45) is 1.86. The molecule has 4 N–H and O–H groups in total. The minimum absolute atomic E-state index is 0.250. The van der Waals surface area contributed by atoms with Crippen molar-refractivity contribution in [3.63, 3.8) is 0 Å². The van der Waals surface area contributed by atoms with Crippen LogP contribution in [-0.2, 0) is 16.0 Å². The van der Waals surface area contributed by atoms with Crippen LogP contribution in [0.3, 0.4) is 0 Å². The van der Waals surface area contributed by atoms with Crippen LogP contribution in [0, 0.1) is 0 Å². The number of rotatable bonds is 8. The molecule has 1 aromatic carbocycles. The Balaban J connectivity index is 0.00000149. The van der Waals surface area contributed by atoms with Gasteiger partial charge in [-0.15, -0.1) is 0 Å².